The van der Waals surface area contributed by atoms with Gasteiger partial charge in [0.2, 0.25) is 10.0 Å². The highest BCUT2D eigenvalue weighted by Gasteiger charge is 2.30. The molecule has 0 spiro atoms. The number of nitrogens with one attached hydrogen (secondary N) is 1. The zero-order valence-corrected chi connectivity index (χ0v) is 13.0. The summed E-state index contributed by atoms with van der Waals surface area (Å²) in [6.45, 7) is 11.2. The molecule has 1 rings (SSSR count). The summed E-state index contributed by atoms with van der Waals surface area (Å²) < 4.78 is 25.9. The topological polar surface area (TPSA) is 49.4 Å². The normalized spacial score (nSPS) is 22.9. The molecular weight excluding hydrogens is 248 g/mol. The Bertz CT molecular complexity index is 339. The lowest BCUT2D eigenvalue weighted by atomic mass is 9.99. The molecule has 1 saturated heterocycles. The molecule has 4 nitrogen and oxygen atoms in total. The maximum atomic E-state index is 12.1. The van der Waals surface area contributed by atoms with E-state index in [-0.39, 0.29) is 5.25 Å². The molecule has 0 aliphatic carbocycles. The standard InChI is InChI=1S/C13H28N2O2S/c1-11(2)8-14-9-13-6-5-7-15(10-13)18(16,17)12(3)4/h11-14H,5-10H2,1-4H3. The summed E-state index contributed by atoms with van der Waals surface area (Å²) in [5, 5.41) is 3.13. The van der Waals surface area contributed by atoms with Crippen LogP contribution in [0.2, 0.25) is 0 Å². The smallest absolute Gasteiger partial charge is 0.216 e. The van der Waals surface area contributed by atoms with Crippen molar-refractivity contribution in [3.8, 4) is 0 Å². The quantitative estimate of drug-likeness (QED) is 0.803. The molecular formula is C13H28N2O2S. The summed E-state index contributed by atoms with van der Waals surface area (Å²) in [4.78, 5) is 0. The number of rotatable bonds is 6. The van der Waals surface area contributed by atoms with Gasteiger partial charge in [-0.05, 0) is 51.6 Å². The van der Waals surface area contributed by atoms with E-state index in [2.05, 4.69) is 19.2 Å². The van der Waals surface area contributed by atoms with Gasteiger partial charge in [-0.25, -0.2) is 12.7 Å². The van der Waals surface area contributed by atoms with Crippen molar-refractivity contribution in [2.45, 2.75) is 45.8 Å². The number of hydrogen-bond acceptors (Lipinski definition) is 3. The van der Waals surface area contributed by atoms with E-state index < -0.39 is 10.0 Å². The van der Waals surface area contributed by atoms with Crippen LogP contribution in [0, 0.1) is 11.8 Å². The second kappa shape index (κ2) is 6.87. The maximum Gasteiger partial charge on any atom is 0.216 e. The molecule has 1 aliphatic rings. The molecule has 1 fully saturated rings. The Labute approximate surface area is 112 Å². The molecule has 1 heterocycles. The predicted molar refractivity (Wildman–Crippen MR) is 76.1 cm³/mol. The fourth-order valence-corrected chi connectivity index (χ4v) is 3.70. The molecule has 18 heavy (non-hydrogen) atoms. The Morgan fingerprint density at radius 2 is 1.94 bits per heavy atom. The van der Waals surface area contributed by atoms with Crippen LogP contribution in [0.4, 0.5) is 0 Å². The fraction of sp³-hybridized carbons (Fsp3) is 1.00. The second-order valence-corrected chi connectivity index (χ2v) is 8.50. The summed E-state index contributed by atoms with van der Waals surface area (Å²) >= 11 is 0. The average Bonchev–Trinajstić information content (AvgIpc) is 2.28. The van der Waals surface area contributed by atoms with E-state index in [9.17, 15) is 8.42 Å². The summed E-state index contributed by atoms with van der Waals surface area (Å²) in [5.74, 6) is 1.11. The minimum atomic E-state index is -3.07. The minimum Gasteiger partial charge on any atom is -0.316 e. The van der Waals surface area contributed by atoms with Crippen LogP contribution in [0.1, 0.15) is 40.5 Å². The lowest BCUT2D eigenvalue weighted by molar-refractivity contribution is 0.257. The van der Waals surface area contributed by atoms with Gasteiger partial charge in [0.15, 0.2) is 0 Å². The van der Waals surface area contributed by atoms with Gasteiger partial charge in [0.05, 0.1) is 5.25 Å². The zero-order chi connectivity index (χ0) is 13.8. The van der Waals surface area contributed by atoms with E-state index in [4.69, 9.17) is 0 Å². The lowest BCUT2D eigenvalue weighted by Crippen LogP contribution is -2.45. The molecule has 0 radical (unpaired) electrons. The third kappa shape index (κ3) is 4.52. The van der Waals surface area contributed by atoms with Crippen LogP contribution in [0.25, 0.3) is 0 Å². The second-order valence-electron chi connectivity index (χ2n) is 6.01. The highest BCUT2D eigenvalue weighted by molar-refractivity contribution is 7.89. The highest BCUT2D eigenvalue weighted by atomic mass is 32.2. The Morgan fingerprint density at radius 1 is 1.28 bits per heavy atom. The van der Waals surface area contributed by atoms with E-state index in [1.54, 1.807) is 18.2 Å². The summed E-state index contributed by atoms with van der Waals surface area (Å²) in [6, 6.07) is 0. The molecule has 1 unspecified atom stereocenters. The van der Waals surface area contributed by atoms with Gasteiger partial charge in [0, 0.05) is 13.1 Å². The summed E-state index contributed by atoms with van der Waals surface area (Å²) in [6.07, 6.45) is 2.12. The average molecular weight is 276 g/mol. The molecule has 1 aliphatic heterocycles. The summed E-state index contributed by atoms with van der Waals surface area (Å²) in [7, 11) is -3.07. The Morgan fingerprint density at radius 3 is 2.50 bits per heavy atom. The Kier molecular flexibility index (Phi) is 6.08. The van der Waals surface area contributed by atoms with Crippen LogP contribution < -0.4 is 5.32 Å². The molecule has 0 saturated carbocycles. The van der Waals surface area contributed by atoms with Gasteiger partial charge in [-0.2, -0.15) is 0 Å². The first-order chi connectivity index (χ1) is 8.34. The Balaban J connectivity index is 2.46. The SMILES string of the molecule is CC(C)CNCC1CCCN(S(=O)(=O)C(C)C)C1. The maximum absolute atomic E-state index is 12.1. The van der Waals surface area contributed by atoms with Gasteiger partial charge in [-0.3, -0.25) is 0 Å². The number of piperidine rings is 1. The van der Waals surface area contributed by atoms with Gasteiger partial charge >= 0.3 is 0 Å². The van der Waals surface area contributed by atoms with E-state index in [1.165, 1.54) is 0 Å². The minimum absolute atomic E-state index is 0.306. The van der Waals surface area contributed by atoms with Crippen LogP contribution in [0.5, 0.6) is 0 Å². The molecule has 5 heteroatoms. The number of hydrogen-bond donors (Lipinski definition) is 1. The Hall–Kier alpha value is -0.130. The highest BCUT2D eigenvalue weighted by Crippen LogP contribution is 2.20. The number of nitrogens with zero attached hydrogens (tertiary/aromatic N) is 1. The van der Waals surface area contributed by atoms with Crippen LogP contribution >= 0.6 is 0 Å². The monoisotopic (exact) mass is 276 g/mol. The van der Waals surface area contributed by atoms with Crippen molar-refractivity contribution < 1.29 is 8.42 Å². The van der Waals surface area contributed by atoms with Crippen LogP contribution in [0.3, 0.4) is 0 Å². The van der Waals surface area contributed by atoms with Crippen LogP contribution in [-0.4, -0.2) is 44.2 Å². The van der Waals surface area contributed by atoms with E-state index in [1.807, 2.05) is 0 Å². The molecule has 108 valence electrons. The molecule has 0 amide bonds. The lowest BCUT2D eigenvalue weighted by Gasteiger charge is -2.33. The van der Waals surface area contributed by atoms with Crippen LogP contribution in [-0.2, 0) is 10.0 Å². The zero-order valence-electron chi connectivity index (χ0n) is 12.1. The first kappa shape index (κ1) is 15.9. The number of sulfonamides is 1. The first-order valence-corrected chi connectivity index (χ1v) is 8.54. The van der Waals surface area contributed by atoms with Crippen molar-refractivity contribution in [3.63, 3.8) is 0 Å². The first-order valence-electron chi connectivity index (χ1n) is 7.03. The van der Waals surface area contributed by atoms with E-state index >= 15 is 0 Å². The predicted octanol–water partition coefficient (Wildman–Crippen LogP) is 1.68. The van der Waals surface area contributed by atoms with E-state index in [0.29, 0.717) is 24.9 Å². The van der Waals surface area contributed by atoms with Crippen LogP contribution in [0.15, 0.2) is 0 Å². The van der Waals surface area contributed by atoms with Crippen molar-refractivity contribution in [1.82, 2.24) is 9.62 Å². The third-order valence-electron chi connectivity index (χ3n) is 3.42. The fourth-order valence-electron chi connectivity index (χ4n) is 2.30. The molecule has 1 atom stereocenters. The van der Waals surface area contributed by atoms with Gasteiger partial charge in [-0.15, -0.1) is 0 Å². The largest absolute Gasteiger partial charge is 0.316 e. The van der Waals surface area contributed by atoms with Crippen molar-refractivity contribution in [2.75, 3.05) is 26.2 Å². The molecule has 0 aromatic rings. The molecule has 0 aromatic heterocycles. The third-order valence-corrected chi connectivity index (χ3v) is 5.67. The van der Waals surface area contributed by atoms with Gasteiger partial charge in [0.1, 0.15) is 0 Å². The molecule has 0 aromatic carbocycles. The van der Waals surface area contributed by atoms with E-state index in [0.717, 1.165) is 25.9 Å². The van der Waals surface area contributed by atoms with Crippen molar-refractivity contribution >= 4 is 10.0 Å². The molecule has 0 bridgehead atoms. The molecule has 1 N–H and O–H groups in total. The van der Waals surface area contributed by atoms with Gasteiger partial charge < -0.3 is 5.32 Å². The van der Waals surface area contributed by atoms with Crippen molar-refractivity contribution in [1.29, 1.82) is 0 Å². The summed E-state index contributed by atoms with van der Waals surface area (Å²) in [5.41, 5.74) is 0. The van der Waals surface area contributed by atoms with Gasteiger partial charge in [0.25, 0.3) is 0 Å². The van der Waals surface area contributed by atoms with Crippen molar-refractivity contribution in [3.05, 3.63) is 0 Å². The van der Waals surface area contributed by atoms with Gasteiger partial charge in [-0.1, -0.05) is 13.8 Å². The van der Waals surface area contributed by atoms with Crippen molar-refractivity contribution in [2.24, 2.45) is 11.8 Å².